The minimum absolute atomic E-state index is 0.327. The van der Waals surface area contributed by atoms with Gasteiger partial charge in [0, 0.05) is 32.7 Å². The van der Waals surface area contributed by atoms with Crippen LogP contribution in [-0.2, 0) is 9.59 Å². The minimum Gasteiger partial charge on any atom is -0.336 e. The molecule has 2 aliphatic rings. The molecule has 0 spiro atoms. The highest BCUT2D eigenvalue weighted by molar-refractivity contribution is 6.35. The second-order valence-corrected chi connectivity index (χ2v) is 5.42. The fourth-order valence-corrected chi connectivity index (χ4v) is 3.02. The molecule has 1 heterocycles. The molecule has 18 heavy (non-hydrogen) atoms. The highest BCUT2D eigenvalue weighted by Gasteiger charge is 2.33. The van der Waals surface area contributed by atoms with E-state index in [0.717, 1.165) is 0 Å². The Hall–Kier alpha value is -1.10. The lowest BCUT2D eigenvalue weighted by Crippen LogP contribution is -2.56. The van der Waals surface area contributed by atoms with Gasteiger partial charge in [-0.25, -0.2) is 0 Å². The molecule has 1 unspecified atom stereocenters. The van der Waals surface area contributed by atoms with E-state index >= 15 is 0 Å². The molecule has 2 amide bonds. The largest absolute Gasteiger partial charge is 0.336 e. The molecule has 1 atom stereocenters. The van der Waals surface area contributed by atoms with Crippen LogP contribution in [0.3, 0.4) is 0 Å². The Kier molecular flexibility index (Phi) is 4.22. The van der Waals surface area contributed by atoms with E-state index in [2.05, 4.69) is 5.32 Å². The number of rotatable bonds is 4. The number of nitrogens with zero attached hydrogens (tertiary/aromatic N) is 2. The Labute approximate surface area is 108 Å². The van der Waals surface area contributed by atoms with Crippen LogP contribution in [0.25, 0.3) is 0 Å². The van der Waals surface area contributed by atoms with Crippen LogP contribution in [0.4, 0.5) is 0 Å². The van der Waals surface area contributed by atoms with E-state index < -0.39 is 0 Å². The summed E-state index contributed by atoms with van der Waals surface area (Å²) >= 11 is 0. The second kappa shape index (κ2) is 5.69. The van der Waals surface area contributed by atoms with Gasteiger partial charge in [0.25, 0.3) is 0 Å². The van der Waals surface area contributed by atoms with Gasteiger partial charge >= 0.3 is 11.8 Å². The third kappa shape index (κ3) is 2.66. The molecule has 2 rings (SSSR count). The standard InChI is InChI=1S/C13H23N3O2/c1-14-11(10-5-3-4-6-10)9-16-8-7-15(2)12(17)13(16)18/h10-11,14H,3-9H2,1-2H3. The number of carbonyl (C=O) groups excluding carboxylic acids is 2. The molecule has 0 bridgehead atoms. The average molecular weight is 253 g/mol. The molecule has 1 aliphatic heterocycles. The Balaban J connectivity index is 1.94. The third-order valence-corrected chi connectivity index (χ3v) is 4.28. The molecule has 0 aromatic carbocycles. The summed E-state index contributed by atoms with van der Waals surface area (Å²) in [6.07, 6.45) is 5.06. The molecule has 1 saturated carbocycles. The summed E-state index contributed by atoms with van der Waals surface area (Å²) in [5.41, 5.74) is 0. The zero-order valence-corrected chi connectivity index (χ0v) is 11.3. The van der Waals surface area contributed by atoms with E-state index in [1.807, 2.05) is 7.05 Å². The molecule has 0 radical (unpaired) electrons. The molecule has 1 N–H and O–H groups in total. The average Bonchev–Trinajstić information content (AvgIpc) is 2.89. The van der Waals surface area contributed by atoms with Crippen LogP contribution in [0, 0.1) is 5.92 Å². The Bertz CT molecular complexity index is 326. The number of piperazine rings is 1. The van der Waals surface area contributed by atoms with E-state index in [0.29, 0.717) is 31.6 Å². The summed E-state index contributed by atoms with van der Waals surface area (Å²) in [6.45, 7) is 1.97. The fourth-order valence-electron chi connectivity index (χ4n) is 3.02. The van der Waals surface area contributed by atoms with Gasteiger partial charge in [-0.15, -0.1) is 0 Å². The quantitative estimate of drug-likeness (QED) is 0.721. The van der Waals surface area contributed by atoms with Gasteiger partial charge in [-0.3, -0.25) is 9.59 Å². The van der Waals surface area contributed by atoms with Crippen molar-refractivity contribution in [1.29, 1.82) is 0 Å². The molecule has 0 aromatic rings. The molecule has 5 nitrogen and oxygen atoms in total. The molecule has 0 aromatic heterocycles. The van der Waals surface area contributed by atoms with Crippen molar-refractivity contribution in [3.8, 4) is 0 Å². The Morgan fingerprint density at radius 1 is 1.22 bits per heavy atom. The van der Waals surface area contributed by atoms with E-state index in [1.165, 1.54) is 30.6 Å². The van der Waals surface area contributed by atoms with Crippen molar-refractivity contribution in [3.63, 3.8) is 0 Å². The van der Waals surface area contributed by atoms with Crippen LogP contribution in [0.2, 0.25) is 0 Å². The molecule has 5 heteroatoms. The number of nitrogens with one attached hydrogen (secondary N) is 1. The first-order valence-corrected chi connectivity index (χ1v) is 6.85. The second-order valence-electron chi connectivity index (χ2n) is 5.42. The van der Waals surface area contributed by atoms with Crippen molar-refractivity contribution in [2.75, 3.05) is 33.7 Å². The van der Waals surface area contributed by atoms with Crippen molar-refractivity contribution in [3.05, 3.63) is 0 Å². The molecule has 2 fully saturated rings. The number of likely N-dealkylation sites (N-methyl/N-ethyl adjacent to an activating group) is 2. The normalized spacial score (nSPS) is 23.9. The summed E-state index contributed by atoms with van der Waals surface area (Å²) < 4.78 is 0. The van der Waals surface area contributed by atoms with Gasteiger partial charge in [-0.2, -0.15) is 0 Å². The van der Waals surface area contributed by atoms with Gasteiger partial charge < -0.3 is 15.1 Å². The molecular weight excluding hydrogens is 230 g/mol. The predicted octanol–water partition coefficient (Wildman–Crippen LogP) is 0.0652. The van der Waals surface area contributed by atoms with Crippen molar-refractivity contribution in [2.45, 2.75) is 31.7 Å². The van der Waals surface area contributed by atoms with Gasteiger partial charge in [0.2, 0.25) is 0 Å². The van der Waals surface area contributed by atoms with Crippen LogP contribution < -0.4 is 5.32 Å². The van der Waals surface area contributed by atoms with Crippen LogP contribution in [-0.4, -0.2) is 61.4 Å². The van der Waals surface area contributed by atoms with Crippen molar-refractivity contribution in [2.24, 2.45) is 5.92 Å². The predicted molar refractivity (Wildman–Crippen MR) is 69.0 cm³/mol. The van der Waals surface area contributed by atoms with Gasteiger partial charge in [-0.05, 0) is 25.8 Å². The summed E-state index contributed by atoms with van der Waals surface area (Å²) in [5.74, 6) is -0.0675. The fraction of sp³-hybridized carbons (Fsp3) is 0.846. The Morgan fingerprint density at radius 2 is 1.89 bits per heavy atom. The minimum atomic E-state index is -0.373. The number of carbonyl (C=O) groups is 2. The smallest absolute Gasteiger partial charge is 0.312 e. The third-order valence-electron chi connectivity index (χ3n) is 4.28. The highest BCUT2D eigenvalue weighted by Crippen LogP contribution is 2.28. The van der Waals surface area contributed by atoms with Crippen molar-refractivity contribution < 1.29 is 9.59 Å². The Morgan fingerprint density at radius 3 is 2.50 bits per heavy atom. The first-order valence-electron chi connectivity index (χ1n) is 6.85. The van der Waals surface area contributed by atoms with Gasteiger partial charge in [0.15, 0.2) is 0 Å². The number of hydrogen-bond donors (Lipinski definition) is 1. The topological polar surface area (TPSA) is 52.6 Å². The van der Waals surface area contributed by atoms with Gasteiger partial charge in [0.05, 0.1) is 0 Å². The molecule has 102 valence electrons. The monoisotopic (exact) mass is 253 g/mol. The first-order chi connectivity index (χ1) is 8.63. The summed E-state index contributed by atoms with van der Waals surface area (Å²) in [5, 5.41) is 3.32. The van der Waals surface area contributed by atoms with E-state index in [1.54, 1.807) is 11.9 Å². The van der Waals surface area contributed by atoms with Gasteiger partial charge in [0.1, 0.15) is 0 Å². The highest BCUT2D eigenvalue weighted by atomic mass is 16.2. The first kappa shape index (κ1) is 13.3. The SMILES string of the molecule is CNC(CN1CCN(C)C(=O)C1=O)C1CCCC1. The van der Waals surface area contributed by atoms with E-state index in [-0.39, 0.29) is 11.8 Å². The lowest BCUT2D eigenvalue weighted by molar-refractivity contribution is -0.155. The number of hydrogen-bond acceptors (Lipinski definition) is 3. The molecule has 1 saturated heterocycles. The summed E-state index contributed by atoms with van der Waals surface area (Å²) in [7, 11) is 3.63. The zero-order valence-electron chi connectivity index (χ0n) is 11.3. The van der Waals surface area contributed by atoms with Crippen LogP contribution in [0.15, 0.2) is 0 Å². The summed E-state index contributed by atoms with van der Waals surface area (Å²) in [6, 6.07) is 0.327. The summed E-state index contributed by atoms with van der Waals surface area (Å²) in [4.78, 5) is 26.8. The maximum Gasteiger partial charge on any atom is 0.312 e. The van der Waals surface area contributed by atoms with Gasteiger partial charge in [-0.1, -0.05) is 12.8 Å². The van der Waals surface area contributed by atoms with Crippen LogP contribution in [0.1, 0.15) is 25.7 Å². The maximum atomic E-state index is 11.9. The molecular formula is C13H23N3O2. The maximum absolute atomic E-state index is 11.9. The molecule has 1 aliphatic carbocycles. The van der Waals surface area contributed by atoms with Crippen LogP contribution >= 0.6 is 0 Å². The zero-order chi connectivity index (χ0) is 13.1. The number of amides is 2. The lowest BCUT2D eigenvalue weighted by Gasteiger charge is -2.35. The lowest BCUT2D eigenvalue weighted by atomic mass is 9.97. The van der Waals surface area contributed by atoms with Crippen molar-refractivity contribution >= 4 is 11.8 Å². The van der Waals surface area contributed by atoms with Crippen LogP contribution in [0.5, 0.6) is 0 Å². The van der Waals surface area contributed by atoms with E-state index in [9.17, 15) is 9.59 Å². The van der Waals surface area contributed by atoms with Crippen molar-refractivity contribution in [1.82, 2.24) is 15.1 Å². The van der Waals surface area contributed by atoms with E-state index in [4.69, 9.17) is 0 Å².